The Balaban J connectivity index is 1.60. The molecule has 2 unspecified atom stereocenters. The lowest BCUT2D eigenvalue weighted by molar-refractivity contribution is 0.298. The summed E-state index contributed by atoms with van der Waals surface area (Å²) in [5, 5.41) is 7.16. The average Bonchev–Trinajstić information content (AvgIpc) is 3.33. The Morgan fingerprint density at radius 3 is 2.59 bits per heavy atom. The highest BCUT2D eigenvalue weighted by atomic mass is 35.5. The molecule has 2 aliphatic rings. The van der Waals surface area contributed by atoms with Crippen molar-refractivity contribution < 1.29 is 13.2 Å². The highest BCUT2D eigenvalue weighted by Crippen LogP contribution is 2.37. The maximum absolute atomic E-state index is 12.6. The summed E-state index contributed by atoms with van der Waals surface area (Å²) in [4.78, 5) is 8.53. The van der Waals surface area contributed by atoms with Crippen LogP contribution < -0.4 is 21.1 Å². The van der Waals surface area contributed by atoms with Crippen molar-refractivity contribution in [1.82, 2.24) is 24.5 Å². The van der Waals surface area contributed by atoms with Gasteiger partial charge in [-0.1, -0.05) is 48.0 Å². The van der Waals surface area contributed by atoms with Crippen LogP contribution in [0.1, 0.15) is 17.0 Å². The van der Waals surface area contributed by atoms with Crippen molar-refractivity contribution >= 4 is 27.5 Å². The van der Waals surface area contributed by atoms with Gasteiger partial charge in [0.05, 0.1) is 19.1 Å². The number of rotatable bonds is 5. The first-order valence-electron chi connectivity index (χ1n) is 11.6. The number of methoxy groups -OCH3 is 1. The second-order valence-electron chi connectivity index (χ2n) is 9.03. The van der Waals surface area contributed by atoms with E-state index < -0.39 is 15.8 Å². The predicted octanol–water partition coefficient (Wildman–Crippen LogP) is 2.14. The van der Waals surface area contributed by atoms with E-state index in [1.54, 1.807) is 31.2 Å². The quantitative estimate of drug-likeness (QED) is 0.451. The topological polar surface area (TPSA) is 127 Å². The van der Waals surface area contributed by atoms with Crippen LogP contribution in [0.4, 0.5) is 0 Å². The van der Waals surface area contributed by atoms with Gasteiger partial charge in [0.2, 0.25) is 10.0 Å². The zero-order chi connectivity index (χ0) is 26.4. The van der Waals surface area contributed by atoms with Gasteiger partial charge >= 0.3 is 0 Å². The minimum Gasteiger partial charge on any atom is -0.495 e. The fourth-order valence-corrected chi connectivity index (χ4v) is 5.75. The van der Waals surface area contributed by atoms with Gasteiger partial charge in [0.1, 0.15) is 23.1 Å². The molecule has 0 bridgehead atoms. The number of amidine groups is 1. The molecule has 0 amide bonds. The number of nitrogens with zero attached hydrogens (tertiary/aromatic N) is 4. The number of nitrogens with one attached hydrogen (secondary N) is 2. The summed E-state index contributed by atoms with van der Waals surface area (Å²) in [5.74, 6) is -0.418. The van der Waals surface area contributed by atoms with Crippen LogP contribution in [0.5, 0.6) is 5.75 Å². The van der Waals surface area contributed by atoms with Crippen LogP contribution in [0.25, 0.3) is 5.69 Å². The number of hydrogen-bond donors (Lipinski definition) is 3. The molecule has 0 spiro atoms. The van der Waals surface area contributed by atoms with Crippen LogP contribution >= 0.6 is 11.6 Å². The first-order chi connectivity index (χ1) is 17.6. The summed E-state index contributed by atoms with van der Waals surface area (Å²) in [6, 6.07) is 15.4. The summed E-state index contributed by atoms with van der Waals surface area (Å²) < 4.78 is 34.0. The number of hydrogen-bond acceptors (Lipinski definition) is 7. The number of aromatic nitrogens is 2. The number of aliphatic imine (C=N–C) groups is 1. The minimum absolute atomic E-state index is 0.184. The lowest BCUT2D eigenvalue weighted by atomic mass is 9.86. The zero-order valence-corrected chi connectivity index (χ0v) is 22.2. The Morgan fingerprint density at radius 2 is 1.97 bits per heavy atom. The van der Waals surface area contributed by atoms with Gasteiger partial charge < -0.3 is 19.9 Å². The van der Waals surface area contributed by atoms with E-state index in [0.717, 1.165) is 22.5 Å². The van der Waals surface area contributed by atoms with Gasteiger partial charge in [0, 0.05) is 49.1 Å². The first kappa shape index (κ1) is 25.3. The Hall–Kier alpha value is -3.38. The first-order valence-corrected chi connectivity index (χ1v) is 13.8. The molecule has 2 aromatic carbocycles. The van der Waals surface area contributed by atoms with Crippen LogP contribution in [0.3, 0.4) is 0 Å². The molecule has 2 atom stereocenters. The molecule has 2 aliphatic heterocycles. The highest BCUT2D eigenvalue weighted by Gasteiger charge is 2.43. The monoisotopic (exact) mass is 541 g/mol. The molecule has 4 N–H and O–H groups in total. The van der Waals surface area contributed by atoms with Gasteiger partial charge in [-0.25, -0.2) is 13.4 Å². The number of nitrogens with two attached hydrogens (primary N) is 1. The number of imidazole rings is 1. The molecule has 194 valence electrons. The second kappa shape index (κ2) is 9.49. The molecule has 5 rings (SSSR count). The lowest BCUT2D eigenvalue weighted by Crippen LogP contribution is -2.67. The highest BCUT2D eigenvalue weighted by molar-refractivity contribution is 7.88. The van der Waals surface area contributed by atoms with Crippen molar-refractivity contribution in [3.8, 4) is 11.4 Å². The maximum Gasteiger partial charge on any atom is 0.211 e. The Labute approximate surface area is 220 Å². The summed E-state index contributed by atoms with van der Waals surface area (Å²) in [6.07, 6.45) is 4.52. The average molecular weight is 542 g/mol. The standard InChI is InChI=1S/C25H28ClN7O3S/c1-28-24-19-13-33(37(3,34)35)12-18(16-7-5-4-6-8-16)23(19)30-25(27,31-24)17-9-10-20(21(11-17)36-2)32-14-22(26)29-15-32/h4-11,14-15,18,30H,12-13,27H2,1-3H3,(H,28,31). The molecule has 10 nitrogen and oxygen atoms in total. The second-order valence-corrected chi connectivity index (χ2v) is 11.4. The van der Waals surface area contributed by atoms with Gasteiger partial charge in [-0.05, 0) is 17.7 Å². The molecule has 3 aromatic rings. The number of benzene rings is 2. The van der Waals surface area contributed by atoms with E-state index in [1.165, 1.54) is 10.6 Å². The largest absolute Gasteiger partial charge is 0.495 e. The molecule has 0 saturated carbocycles. The number of halogens is 1. The van der Waals surface area contributed by atoms with E-state index in [0.29, 0.717) is 22.3 Å². The van der Waals surface area contributed by atoms with Crippen LogP contribution in [0, 0.1) is 0 Å². The van der Waals surface area contributed by atoms with Crippen molar-refractivity contribution in [2.75, 3.05) is 33.5 Å². The van der Waals surface area contributed by atoms with Gasteiger partial charge in [-0.2, -0.15) is 4.31 Å². The summed E-state index contributed by atoms with van der Waals surface area (Å²) in [5.41, 5.74) is 11.0. The number of ether oxygens (including phenoxy) is 1. The number of sulfonamides is 1. The fourth-order valence-electron chi connectivity index (χ4n) is 4.81. The summed E-state index contributed by atoms with van der Waals surface area (Å²) in [6.45, 7) is 0.468. The summed E-state index contributed by atoms with van der Waals surface area (Å²) in [7, 11) is -0.208. The van der Waals surface area contributed by atoms with Crippen LogP contribution in [-0.4, -0.2) is 61.6 Å². The summed E-state index contributed by atoms with van der Waals surface area (Å²) >= 11 is 6.01. The fraction of sp³-hybridized carbons (Fsp3) is 0.280. The normalized spacial score (nSPS) is 23.4. The van der Waals surface area contributed by atoms with Crippen molar-refractivity contribution in [1.29, 1.82) is 0 Å². The predicted molar refractivity (Wildman–Crippen MR) is 143 cm³/mol. The molecular weight excluding hydrogens is 514 g/mol. The van der Waals surface area contributed by atoms with E-state index in [9.17, 15) is 8.42 Å². The van der Waals surface area contributed by atoms with Gasteiger partial charge in [0.15, 0.2) is 5.79 Å². The van der Waals surface area contributed by atoms with Gasteiger partial charge in [0.25, 0.3) is 0 Å². The van der Waals surface area contributed by atoms with Crippen molar-refractivity contribution in [2.45, 2.75) is 11.7 Å². The van der Waals surface area contributed by atoms with E-state index in [1.807, 2.05) is 48.5 Å². The van der Waals surface area contributed by atoms with Crippen molar-refractivity contribution in [3.05, 3.63) is 88.6 Å². The molecule has 1 aromatic heterocycles. The molecule has 0 radical (unpaired) electrons. The SMILES string of the molecule is CN=C1NC(N)(c2ccc(-n3cnc(Cl)c3)c(OC)c2)NC2=C1CN(S(C)(=O)=O)CC2c1ccccc1. The van der Waals surface area contributed by atoms with Gasteiger partial charge in [-0.15, -0.1) is 0 Å². The third kappa shape index (κ3) is 4.71. The van der Waals surface area contributed by atoms with Crippen LogP contribution in [0.2, 0.25) is 5.15 Å². The molecule has 0 saturated heterocycles. The molecular formula is C25H28ClN7O3S. The van der Waals surface area contributed by atoms with E-state index in [2.05, 4.69) is 20.6 Å². The Kier molecular flexibility index (Phi) is 6.48. The van der Waals surface area contributed by atoms with Crippen molar-refractivity contribution in [3.63, 3.8) is 0 Å². The molecule has 0 aliphatic carbocycles. The lowest BCUT2D eigenvalue weighted by Gasteiger charge is -2.46. The van der Waals surface area contributed by atoms with Crippen molar-refractivity contribution in [2.24, 2.45) is 10.7 Å². The van der Waals surface area contributed by atoms with E-state index >= 15 is 0 Å². The third-order valence-corrected chi connectivity index (χ3v) is 8.10. The molecule has 3 heterocycles. The molecule has 12 heteroatoms. The van der Waals surface area contributed by atoms with Gasteiger partial charge in [-0.3, -0.25) is 10.7 Å². The smallest absolute Gasteiger partial charge is 0.211 e. The van der Waals surface area contributed by atoms with Crippen LogP contribution in [0.15, 0.2) is 77.3 Å². The zero-order valence-electron chi connectivity index (χ0n) is 20.6. The Morgan fingerprint density at radius 1 is 1.22 bits per heavy atom. The van der Waals surface area contributed by atoms with E-state index in [4.69, 9.17) is 22.1 Å². The maximum atomic E-state index is 12.6. The minimum atomic E-state index is -3.44. The van der Waals surface area contributed by atoms with E-state index in [-0.39, 0.29) is 19.0 Å². The molecule has 0 fully saturated rings. The van der Waals surface area contributed by atoms with Crippen LogP contribution in [-0.2, 0) is 15.8 Å². The molecule has 37 heavy (non-hydrogen) atoms. The third-order valence-electron chi connectivity index (χ3n) is 6.69. The Bertz CT molecular complexity index is 1500.